The molecule has 0 aliphatic carbocycles. The van der Waals surface area contributed by atoms with Gasteiger partial charge in [0.1, 0.15) is 5.58 Å². The number of ether oxygens (including phenoxy) is 4. The second-order valence-electron chi connectivity index (χ2n) is 8.27. The van der Waals surface area contributed by atoms with Crippen LogP contribution in [0, 0.1) is 0 Å². The Balaban J connectivity index is 1.75. The van der Waals surface area contributed by atoms with Crippen molar-refractivity contribution in [2.45, 2.75) is 25.0 Å². The lowest BCUT2D eigenvalue weighted by Crippen LogP contribution is -2.36. The number of fused-ring (bicyclic) bond motifs is 2. The van der Waals surface area contributed by atoms with E-state index >= 15 is 0 Å². The third-order valence-corrected chi connectivity index (χ3v) is 6.59. The Morgan fingerprint density at radius 3 is 2.41 bits per heavy atom. The van der Waals surface area contributed by atoms with Crippen LogP contribution in [0.15, 0.2) is 39.5 Å². The molecule has 0 radical (unpaired) electrons. The Labute approximate surface area is 200 Å². The summed E-state index contributed by atoms with van der Waals surface area (Å²) in [5.41, 5.74) is 0.894. The molecule has 1 saturated heterocycles. The molecule has 34 heavy (non-hydrogen) atoms. The summed E-state index contributed by atoms with van der Waals surface area (Å²) in [5, 5.41) is 0.722. The first-order valence-electron chi connectivity index (χ1n) is 11.0. The number of hydrogen-bond donors (Lipinski definition) is 0. The second kappa shape index (κ2) is 8.85. The van der Waals surface area contributed by atoms with Crippen molar-refractivity contribution in [1.29, 1.82) is 0 Å². The quantitative estimate of drug-likeness (QED) is 0.517. The average Bonchev–Trinajstić information content (AvgIpc) is 3.46. The van der Waals surface area contributed by atoms with Gasteiger partial charge in [-0.2, -0.15) is 0 Å². The molecule has 1 fully saturated rings. The standard InChI is InChI=1S/C25H24ClNO7/c1-30-18-9-13(10-19(31-2)23(18)32-3)21-20-22(28)16-11-14(26)6-7-17(16)34-24(20)25(29)27(21)12-15-5-4-8-33-15/h6-7,9-11,15,21H,4-5,8,12H2,1-3H3/t15-,21-/m0/s1. The van der Waals surface area contributed by atoms with Gasteiger partial charge >= 0.3 is 0 Å². The first kappa shape index (κ1) is 22.6. The molecule has 2 aliphatic heterocycles. The van der Waals surface area contributed by atoms with E-state index in [-0.39, 0.29) is 28.8 Å². The summed E-state index contributed by atoms with van der Waals surface area (Å²) >= 11 is 6.16. The molecular formula is C25H24ClNO7. The molecule has 178 valence electrons. The number of benzene rings is 2. The topological polar surface area (TPSA) is 87.4 Å². The molecule has 9 heteroatoms. The molecule has 0 saturated carbocycles. The lowest BCUT2D eigenvalue weighted by molar-refractivity contribution is 0.0486. The van der Waals surface area contributed by atoms with E-state index in [1.165, 1.54) is 21.3 Å². The monoisotopic (exact) mass is 485 g/mol. The van der Waals surface area contributed by atoms with Crippen molar-refractivity contribution in [3.63, 3.8) is 0 Å². The van der Waals surface area contributed by atoms with Gasteiger partial charge in [0.05, 0.1) is 44.4 Å². The summed E-state index contributed by atoms with van der Waals surface area (Å²) in [4.78, 5) is 28.9. The number of nitrogens with zero attached hydrogens (tertiary/aromatic N) is 1. The van der Waals surface area contributed by atoms with Crippen LogP contribution < -0.4 is 19.6 Å². The molecule has 8 nitrogen and oxygen atoms in total. The SMILES string of the molecule is COc1cc([C@H]2c3c(oc4ccc(Cl)cc4c3=O)C(=O)N2C[C@@H]2CCCO2)cc(OC)c1OC. The zero-order valence-electron chi connectivity index (χ0n) is 19.1. The van der Waals surface area contributed by atoms with E-state index in [0.29, 0.717) is 52.0 Å². The summed E-state index contributed by atoms with van der Waals surface area (Å²) in [5.74, 6) is 0.919. The minimum atomic E-state index is -0.722. The van der Waals surface area contributed by atoms with Crippen LogP contribution in [0.5, 0.6) is 17.2 Å². The third-order valence-electron chi connectivity index (χ3n) is 6.35. The Hall–Kier alpha value is -3.23. The molecule has 0 bridgehead atoms. The minimum Gasteiger partial charge on any atom is -0.493 e. The highest BCUT2D eigenvalue weighted by Gasteiger charge is 2.44. The van der Waals surface area contributed by atoms with Gasteiger partial charge in [0.25, 0.3) is 5.91 Å². The van der Waals surface area contributed by atoms with Crippen LogP contribution in [-0.2, 0) is 4.74 Å². The highest BCUT2D eigenvalue weighted by molar-refractivity contribution is 6.31. The zero-order valence-corrected chi connectivity index (χ0v) is 19.8. The highest BCUT2D eigenvalue weighted by Crippen LogP contribution is 2.45. The molecule has 3 aromatic rings. The van der Waals surface area contributed by atoms with E-state index in [4.69, 9.17) is 35.0 Å². The van der Waals surface area contributed by atoms with Crippen LogP contribution in [0.3, 0.4) is 0 Å². The van der Waals surface area contributed by atoms with Crippen molar-refractivity contribution >= 4 is 28.5 Å². The minimum absolute atomic E-state index is 0.0246. The fourth-order valence-corrected chi connectivity index (χ4v) is 4.97. The molecule has 0 spiro atoms. The number of amides is 1. The number of rotatable bonds is 6. The maximum Gasteiger partial charge on any atom is 0.291 e. The summed E-state index contributed by atoms with van der Waals surface area (Å²) in [6.07, 6.45) is 1.64. The van der Waals surface area contributed by atoms with Gasteiger partial charge < -0.3 is 28.3 Å². The summed E-state index contributed by atoms with van der Waals surface area (Å²) in [6.45, 7) is 0.967. The molecule has 1 aromatic heterocycles. The molecule has 2 atom stereocenters. The third kappa shape index (κ3) is 3.58. The van der Waals surface area contributed by atoms with Crippen LogP contribution in [0.25, 0.3) is 11.0 Å². The average molecular weight is 486 g/mol. The van der Waals surface area contributed by atoms with Gasteiger partial charge in [0.2, 0.25) is 11.5 Å². The Morgan fingerprint density at radius 2 is 1.79 bits per heavy atom. The van der Waals surface area contributed by atoms with Crippen LogP contribution in [0.4, 0.5) is 0 Å². The summed E-state index contributed by atoms with van der Waals surface area (Å²) in [7, 11) is 4.55. The van der Waals surface area contributed by atoms with Crippen LogP contribution in [0.2, 0.25) is 5.02 Å². The van der Waals surface area contributed by atoms with Crippen molar-refractivity contribution < 1.29 is 28.2 Å². The van der Waals surface area contributed by atoms with Crippen molar-refractivity contribution in [2.24, 2.45) is 0 Å². The van der Waals surface area contributed by atoms with Gasteiger partial charge in [0, 0.05) is 18.2 Å². The summed E-state index contributed by atoms with van der Waals surface area (Å²) < 4.78 is 28.3. The molecule has 0 unspecified atom stereocenters. The van der Waals surface area contributed by atoms with Gasteiger partial charge in [-0.25, -0.2) is 0 Å². The number of hydrogen-bond acceptors (Lipinski definition) is 7. The highest BCUT2D eigenvalue weighted by atomic mass is 35.5. The number of halogens is 1. The van der Waals surface area contributed by atoms with Crippen molar-refractivity contribution in [1.82, 2.24) is 4.90 Å². The first-order valence-corrected chi connectivity index (χ1v) is 11.3. The number of methoxy groups -OCH3 is 3. The molecule has 1 amide bonds. The predicted molar refractivity (Wildman–Crippen MR) is 125 cm³/mol. The van der Waals surface area contributed by atoms with E-state index in [0.717, 1.165) is 12.8 Å². The van der Waals surface area contributed by atoms with Gasteiger partial charge in [-0.3, -0.25) is 9.59 Å². The molecule has 0 N–H and O–H groups in total. The fraction of sp³-hybridized carbons (Fsp3) is 0.360. The maximum atomic E-state index is 13.7. The maximum absolute atomic E-state index is 13.7. The molecule has 3 heterocycles. The van der Waals surface area contributed by atoms with Gasteiger partial charge in [-0.1, -0.05) is 11.6 Å². The lowest BCUT2D eigenvalue weighted by Gasteiger charge is -2.28. The molecule has 2 aromatic carbocycles. The van der Waals surface area contributed by atoms with Crippen LogP contribution >= 0.6 is 11.6 Å². The van der Waals surface area contributed by atoms with E-state index in [1.54, 1.807) is 35.2 Å². The predicted octanol–water partition coefficient (Wildman–Crippen LogP) is 4.20. The number of carbonyl (C=O) groups excluding carboxylic acids is 1. The lowest BCUT2D eigenvalue weighted by atomic mass is 9.97. The zero-order chi connectivity index (χ0) is 24.0. The molecular weight excluding hydrogens is 462 g/mol. The van der Waals surface area contributed by atoms with Crippen molar-refractivity contribution in [3.8, 4) is 17.2 Å². The van der Waals surface area contributed by atoms with Crippen LogP contribution in [0.1, 0.15) is 40.6 Å². The summed E-state index contributed by atoms with van der Waals surface area (Å²) in [6, 6.07) is 7.56. The largest absolute Gasteiger partial charge is 0.493 e. The smallest absolute Gasteiger partial charge is 0.291 e. The number of carbonyl (C=O) groups is 1. The van der Waals surface area contributed by atoms with Gasteiger partial charge in [0.15, 0.2) is 16.9 Å². The van der Waals surface area contributed by atoms with E-state index in [2.05, 4.69) is 0 Å². The molecule has 5 rings (SSSR count). The van der Waals surface area contributed by atoms with Gasteiger partial charge in [-0.15, -0.1) is 0 Å². The van der Waals surface area contributed by atoms with Crippen LogP contribution in [-0.4, -0.2) is 51.4 Å². The first-order chi connectivity index (χ1) is 16.5. The van der Waals surface area contributed by atoms with Crippen molar-refractivity contribution in [2.75, 3.05) is 34.5 Å². The normalized spacial score (nSPS) is 19.5. The molecule has 2 aliphatic rings. The van der Waals surface area contributed by atoms with Gasteiger partial charge in [-0.05, 0) is 48.7 Å². The Bertz CT molecular complexity index is 1300. The van der Waals surface area contributed by atoms with Crippen molar-refractivity contribution in [3.05, 3.63) is 62.5 Å². The fourth-order valence-electron chi connectivity index (χ4n) is 4.79. The van der Waals surface area contributed by atoms with E-state index in [1.807, 2.05) is 0 Å². The van der Waals surface area contributed by atoms with E-state index in [9.17, 15) is 9.59 Å². The van der Waals surface area contributed by atoms with E-state index < -0.39 is 6.04 Å². The Morgan fingerprint density at radius 1 is 1.06 bits per heavy atom. The Kier molecular flexibility index (Phi) is 5.87. The second-order valence-corrected chi connectivity index (χ2v) is 8.70.